The third kappa shape index (κ3) is 5.56. The number of nitrogens with zero attached hydrogens (tertiary/aromatic N) is 3. The molecule has 196 valence electrons. The van der Waals surface area contributed by atoms with E-state index in [0.717, 1.165) is 47.6 Å². The summed E-state index contributed by atoms with van der Waals surface area (Å²) in [4.78, 5) is 33.5. The second kappa shape index (κ2) is 10.2. The maximum Gasteiger partial charge on any atom is 0.250 e. The first-order chi connectivity index (χ1) is 17.6. The van der Waals surface area contributed by atoms with Gasteiger partial charge in [-0.25, -0.2) is 13.4 Å². The van der Waals surface area contributed by atoms with E-state index in [1.807, 2.05) is 16.8 Å². The predicted molar refractivity (Wildman–Crippen MR) is 144 cm³/mol. The van der Waals surface area contributed by atoms with Crippen molar-refractivity contribution < 1.29 is 13.2 Å². The van der Waals surface area contributed by atoms with Crippen LogP contribution in [-0.4, -0.2) is 34.5 Å². The highest BCUT2D eigenvalue weighted by atomic mass is 32.2. The van der Waals surface area contributed by atoms with Gasteiger partial charge in [0.05, 0.1) is 28.8 Å². The lowest BCUT2D eigenvalue weighted by molar-refractivity contribution is -0.115. The number of hydrogen-bond donors (Lipinski definition) is 1. The SMILES string of the molecule is CCS(=O)(=O)c1ccc(CC(=O)Nc2nc3c(s2)CN(Cc2ccc(=O)n(C4CC4)c2)C3C(C)C)cc1. The average molecular weight is 541 g/mol. The Balaban J connectivity index is 1.25. The van der Waals surface area contributed by atoms with Crippen molar-refractivity contribution in [1.29, 1.82) is 0 Å². The number of amides is 1. The molecule has 2 aromatic heterocycles. The molecule has 1 aliphatic heterocycles. The first kappa shape index (κ1) is 25.8. The van der Waals surface area contributed by atoms with E-state index in [1.165, 1.54) is 11.3 Å². The van der Waals surface area contributed by atoms with Crippen molar-refractivity contribution in [3.8, 4) is 0 Å². The minimum atomic E-state index is -3.26. The smallest absolute Gasteiger partial charge is 0.250 e. The van der Waals surface area contributed by atoms with Crippen molar-refractivity contribution in [2.45, 2.75) is 70.1 Å². The molecule has 1 saturated carbocycles. The normalized spacial score (nSPS) is 17.8. The van der Waals surface area contributed by atoms with Crippen LogP contribution in [0.15, 0.2) is 52.3 Å². The lowest BCUT2D eigenvalue weighted by Crippen LogP contribution is -2.27. The van der Waals surface area contributed by atoms with Gasteiger partial charge in [-0.1, -0.05) is 39.0 Å². The number of fused-ring (bicyclic) bond motifs is 1. The first-order valence-electron chi connectivity index (χ1n) is 12.7. The van der Waals surface area contributed by atoms with E-state index in [4.69, 9.17) is 4.98 Å². The molecule has 1 unspecified atom stereocenters. The Morgan fingerprint density at radius 2 is 1.84 bits per heavy atom. The molecular weight excluding hydrogens is 508 g/mol. The molecule has 8 nitrogen and oxygen atoms in total. The van der Waals surface area contributed by atoms with E-state index >= 15 is 0 Å². The van der Waals surface area contributed by atoms with Crippen LogP contribution in [0.4, 0.5) is 5.13 Å². The second-order valence-corrected chi connectivity index (χ2v) is 13.6. The number of thiazole rings is 1. The fourth-order valence-corrected chi connectivity index (χ4v) is 6.88. The van der Waals surface area contributed by atoms with Crippen LogP contribution in [0.5, 0.6) is 0 Å². The number of aromatic nitrogens is 2. The monoisotopic (exact) mass is 540 g/mol. The lowest BCUT2D eigenvalue weighted by Gasteiger charge is -2.27. The number of hydrogen-bond acceptors (Lipinski definition) is 7. The molecule has 1 amide bonds. The lowest BCUT2D eigenvalue weighted by atomic mass is 10.0. The Kier molecular flexibility index (Phi) is 7.08. The van der Waals surface area contributed by atoms with Gasteiger partial charge >= 0.3 is 0 Å². The molecule has 1 aromatic carbocycles. The van der Waals surface area contributed by atoms with Gasteiger partial charge in [-0.15, -0.1) is 11.3 Å². The molecule has 10 heteroatoms. The summed E-state index contributed by atoms with van der Waals surface area (Å²) in [6.07, 6.45) is 4.30. The highest BCUT2D eigenvalue weighted by molar-refractivity contribution is 7.91. The van der Waals surface area contributed by atoms with E-state index in [-0.39, 0.29) is 34.6 Å². The van der Waals surface area contributed by atoms with Gasteiger partial charge in [-0.2, -0.15) is 0 Å². The Bertz CT molecular complexity index is 1470. The van der Waals surface area contributed by atoms with Gasteiger partial charge in [-0.3, -0.25) is 14.5 Å². The molecule has 0 bridgehead atoms. The number of benzene rings is 1. The van der Waals surface area contributed by atoms with Crippen molar-refractivity contribution in [2.24, 2.45) is 5.92 Å². The second-order valence-electron chi connectivity index (χ2n) is 10.2. The third-order valence-corrected chi connectivity index (χ3v) is 9.70. The number of anilines is 1. The number of carbonyl (C=O) groups is 1. The van der Waals surface area contributed by atoms with Gasteiger partial charge in [0.2, 0.25) is 5.91 Å². The predicted octanol–water partition coefficient (Wildman–Crippen LogP) is 4.33. The Morgan fingerprint density at radius 1 is 1.14 bits per heavy atom. The molecule has 5 rings (SSSR count). The number of nitrogens with one attached hydrogen (secondary N) is 1. The summed E-state index contributed by atoms with van der Waals surface area (Å²) in [7, 11) is -3.26. The van der Waals surface area contributed by atoms with E-state index in [0.29, 0.717) is 17.1 Å². The molecule has 2 aliphatic rings. The van der Waals surface area contributed by atoms with Crippen molar-refractivity contribution >= 4 is 32.2 Å². The van der Waals surface area contributed by atoms with Crippen LogP contribution in [0.2, 0.25) is 0 Å². The third-order valence-electron chi connectivity index (χ3n) is 6.98. The van der Waals surface area contributed by atoms with Gasteiger partial charge in [0.25, 0.3) is 5.56 Å². The van der Waals surface area contributed by atoms with E-state index in [2.05, 4.69) is 24.1 Å². The van der Waals surface area contributed by atoms with Crippen LogP contribution < -0.4 is 10.9 Å². The quantitative estimate of drug-likeness (QED) is 0.434. The summed E-state index contributed by atoms with van der Waals surface area (Å²) in [6, 6.07) is 10.6. The number of carbonyl (C=O) groups excluding carboxylic acids is 1. The zero-order valence-corrected chi connectivity index (χ0v) is 22.9. The van der Waals surface area contributed by atoms with E-state index in [9.17, 15) is 18.0 Å². The number of pyridine rings is 1. The molecule has 37 heavy (non-hydrogen) atoms. The van der Waals surface area contributed by atoms with Gasteiger partial charge in [0.15, 0.2) is 15.0 Å². The molecule has 3 aromatic rings. The Morgan fingerprint density at radius 3 is 2.49 bits per heavy atom. The highest BCUT2D eigenvalue weighted by Crippen LogP contribution is 2.43. The fourth-order valence-electron chi connectivity index (χ4n) is 4.95. The van der Waals surface area contributed by atoms with Crippen LogP contribution in [0, 0.1) is 5.92 Å². The Labute approximate surface area is 221 Å². The van der Waals surface area contributed by atoms with Crippen molar-refractivity contribution in [2.75, 3.05) is 11.1 Å². The number of rotatable bonds is 9. The molecule has 1 N–H and O–H groups in total. The minimum absolute atomic E-state index is 0.0449. The maximum atomic E-state index is 12.7. The standard InChI is InChI=1S/C27H32N4O4S2/c1-4-37(34,35)21-10-5-18(6-11-21)13-23(32)28-27-29-25-22(36-27)16-30(26(25)17(2)3)14-19-7-12-24(33)31(15-19)20-8-9-20/h5-7,10-12,15,17,20,26H,4,8-9,13-14,16H2,1-3H3,(H,28,29,32). The van der Waals surface area contributed by atoms with Crippen LogP contribution in [0.1, 0.15) is 67.4 Å². The molecule has 1 fully saturated rings. The van der Waals surface area contributed by atoms with Gasteiger partial charge in [-0.05, 0) is 42.0 Å². The van der Waals surface area contributed by atoms with Crippen molar-refractivity contribution in [3.63, 3.8) is 0 Å². The summed E-state index contributed by atoms with van der Waals surface area (Å²) in [6.45, 7) is 7.46. The maximum absolute atomic E-state index is 12.7. The molecule has 0 spiro atoms. The summed E-state index contributed by atoms with van der Waals surface area (Å²) in [5.41, 5.74) is 2.95. The molecular formula is C27H32N4O4S2. The molecule has 1 aliphatic carbocycles. The zero-order chi connectivity index (χ0) is 26.3. The van der Waals surface area contributed by atoms with E-state index < -0.39 is 9.84 Å². The molecule has 0 saturated heterocycles. The molecule has 0 radical (unpaired) electrons. The molecule has 3 heterocycles. The van der Waals surface area contributed by atoms with Crippen LogP contribution in [0.3, 0.4) is 0 Å². The van der Waals surface area contributed by atoms with Gasteiger partial charge < -0.3 is 9.88 Å². The summed E-state index contributed by atoms with van der Waals surface area (Å²) in [5.74, 6) is 0.196. The van der Waals surface area contributed by atoms with Crippen molar-refractivity contribution in [3.05, 3.63) is 74.6 Å². The largest absolute Gasteiger partial charge is 0.312 e. The fraction of sp³-hybridized carbons (Fsp3) is 0.444. The minimum Gasteiger partial charge on any atom is -0.312 e. The van der Waals surface area contributed by atoms with E-state index in [1.54, 1.807) is 37.3 Å². The highest BCUT2D eigenvalue weighted by Gasteiger charge is 2.36. The van der Waals surface area contributed by atoms with Gasteiger partial charge in [0, 0.05) is 36.3 Å². The summed E-state index contributed by atoms with van der Waals surface area (Å²) in [5, 5.41) is 3.52. The molecule has 1 atom stereocenters. The summed E-state index contributed by atoms with van der Waals surface area (Å²) >= 11 is 1.51. The van der Waals surface area contributed by atoms with Crippen LogP contribution in [0.25, 0.3) is 0 Å². The number of sulfone groups is 1. The summed E-state index contributed by atoms with van der Waals surface area (Å²) < 4.78 is 25.9. The first-order valence-corrected chi connectivity index (χ1v) is 15.2. The van der Waals surface area contributed by atoms with Crippen molar-refractivity contribution in [1.82, 2.24) is 14.5 Å². The topological polar surface area (TPSA) is 101 Å². The van der Waals surface area contributed by atoms with Gasteiger partial charge in [0.1, 0.15) is 0 Å². The zero-order valence-electron chi connectivity index (χ0n) is 21.3. The van der Waals surface area contributed by atoms with Crippen LogP contribution >= 0.6 is 11.3 Å². The Hall–Kier alpha value is -2.82. The average Bonchev–Trinajstić information content (AvgIpc) is 3.55. The van der Waals surface area contributed by atoms with Crippen LogP contribution in [-0.2, 0) is 34.1 Å².